The molecule has 0 aromatic rings. The fourth-order valence-corrected chi connectivity index (χ4v) is 0.804. The molecule has 0 saturated carbocycles. The summed E-state index contributed by atoms with van der Waals surface area (Å²) < 4.78 is 30.2. The minimum absolute atomic E-state index is 0.0432. The highest BCUT2D eigenvalue weighted by molar-refractivity contribution is 5.76. The molecule has 94 valence electrons. The summed E-state index contributed by atoms with van der Waals surface area (Å²) in [5, 5.41) is 0. The molecule has 1 atom stereocenters. The Bertz CT molecular complexity index is 276. The van der Waals surface area contributed by atoms with Crippen molar-refractivity contribution in [3.63, 3.8) is 0 Å². The van der Waals surface area contributed by atoms with Crippen molar-refractivity contribution in [2.75, 3.05) is 7.05 Å². The Morgan fingerprint density at radius 2 is 1.75 bits per heavy atom. The lowest BCUT2D eigenvalue weighted by molar-refractivity contribution is -0.126. The third-order valence-corrected chi connectivity index (χ3v) is 2.07. The molecule has 0 bridgehead atoms. The normalized spacial score (nSPS) is 15.5. The molecule has 1 unspecified atom stereocenters. The average Bonchev–Trinajstić information content (AvgIpc) is 2.12. The average molecular weight is 237 g/mol. The summed E-state index contributed by atoms with van der Waals surface area (Å²) in [5.41, 5.74) is -2.96. The van der Waals surface area contributed by atoms with Crippen molar-refractivity contribution in [3.8, 4) is 0 Å². The number of aldehydes is 1. The fraction of sp³-hybridized carbons (Fsp3) is 0.800. The van der Waals surface area contributed by atoms with Gasteiger partial charge in [0.15, 0.2) is 11.8 Å². The SMILES string of the molecule is CN(C(=O)OC(C)(C)C)C(C)(C=O)C(F)F. The number of carbonyl (C=O) groups excluding carboxylic acids is 2. The summed E-state index contributed by atoms with van der Waals surface area (Å²) in [6, 6.07) is 0. The van der Waals surface area contributed by atoms with Crippen LogP contribution >= 0.6 is 0 Å². The van der Waals surface area contributed by atoms with Crippen molar-refractivity contribution in [1.82, 2.24) is 4.90 Å². The topological polar surface area (TPSA) is 46.6 Å². The molecule has 16 heavy (non-hydrogen) atoms. The second kappa shape index (κ2) is 4.76. The number of likely N-dealkylation sites (N-methyl/N-ethyl adjacent to an activating group) is 1. The van der Waals surface area contributed by atoms with Crippen LogP contribution in [0.1, 0.15) is 27.7 Å². The number of nitrogens with zero attached hydrogens (tertiary/aromatic N) is 1. The van der Waals surface area contributed by atoms with Gasteiger partial charge in [-0.2, -0.15) is 0 Å². The highest BCUT2D eigenvalue weighted by Gasteiger charge is 2.43. The molecule has 0 heterocycles. The molecule has 1 amide bonds. The van der Waals surface area contributed by atoms with E-state index in [9.17, 15) is 18.4 Å². The van der Waals surface area contributed by atoms with Crippen LogP contribution < -0.4 is 0 Å². The Morgan fingerprint density at radius 3 is 2.00 bits per heavy atom. The second-order valence-corrected chi connectivity index (χ2v) is 4.68. The molecule has 0 saturated heterocycles. The first-order chi connectivity index (χ1) is 7.04. The minimum Gasteiger partial charge on any atom is -0.444 e. The van der Waals surface area contributed by atoms with Crippen LogP contribution in [0.15, 0.2) is 0 Å². The lowest BCUT2D eigenvalue weighted by Crippen LogP contribution is -2.54. The van der Waals surface area contributed by atoms with E-state index < -0.39 is 23.7 Å². The van der Waals surface area contributed by atoms with Gasteiger partial charge < -0.3 is 9.53 Å². The first-order valence-electron chi connectivity index (χ1n) is 4.76. The number of ether oxygens (including phenoxy) is 1. The molecule has 0 spiro atoms. The fourth-order valence-electron chi connectivity index (χ4n) is 0.804. The van der Waals surface area contributed by atoms with E-state index in [4.69, 9.17) is 4.74 Å². The van der Waals surface area contributed by atoms with Gasteiger partial charge in [0.05, 0.1) is 0 Å². The molecule has 0 N–H and O–H groups in total. The van der Waals surface area contributed by atoms with Crippen LogP contribution in [0, 0.1) is 0 Å². The maximum Gasteiger partial charge on any atom is 0.411 e. The number of carbonyl (C=O) groups is 2. The van der Waals surface area contributed by atoms with E-state index in [1.165, 1.54) is 0 Å². The van der Waals surface area contributed by atoms with Gasteiger partial charge in [-0.3, -0.25) is 4.90 Å². The zero-order chi connectivity index (χ0) is 13.1. The van der Waals surface area contributed by atoms with E-state index in [0.29, 0.717) is 4.90 Å². The molecule has 6 heteroatoms. The van der Waals surface area contributed by atoms with Gasteiger partial charge in [0.2, 0.25) is 0 Å². The van der Waals surface area contributed by atoms with Crippen LogP contribution in [0.5, 0.6) is 0 Å². The van der Waals surface area contributed by atoms with Crippen LogP contribution in [-0.2, 0) is 9.53 Å². The van der Waals surface area contributed by atoms with Gasteiger partial charge in [0.1, 0.15) is 5.60 Å². The number of halogens is 2. The summed E-state index contributed by atoms with van der Waals surface area (Å²) in [6.07, 6.45) is -3.88. The highest BCUT2D eigenvalue weighted by Crippen LogP contribution is 2.22. The summed E-state index contributed by atoms with van der Waals surface area (Å²) >= 11 is 0. The van der Waals surface area contributed by atoms with E-state index in [2.05, 4.69) is 0 Å². The van der Waals surface area contributed by atoms with Gasteiger partial charge in [-0.25, -0.2) is 13.6 Å². The Balaban J connectivity index is 4.84. The number of hydrogen-bond donors (Lipinski definition) is 0. The van der Waals surface area contributed by atoms with Crippen molar-refractivity contribution >= 4 is 12.4 Å². The molecule has 4 nitrogen and oxygen atoms in total. The predicted molar refractivity (Wildman–Crippen MR) is 54.5 cm³/mol. The van der Waals surface area contributed by atoms with Crippen LogP contribution in [0.4, 0.5) is 13.6 Å². The van der Waals surface area contributed by atoms with Gasteiger partial charge in [0.25, 0.3) is 6.43 Å². The first kappa shape index (κ1) is 14.8. The third-order valence-electron chi connectivity index (χ3n) is 2.07. The number of rotatable bonds is 3. The molecule has 0 radical (unpaired) electrons. The van der Waals surface area contributed by atoms with Crippen LogP contribution in [0.25, 0.3) is 0 Å². The smallest absolute Gasteiger partial charge is 0.411 e. The van der Waals surface area contributed by atoms with Crippen molar-refractivity contribution in [3.05, 3.63) is 0 Å². The Labute approximate surface area is 93.6 Å². The van der Waals surface area contributed by atoms with Gasteiger partial charge in [-0.15, -0.1) is 0 Å². The molecule has 0 fully saturated rings. The van der Waals surface area contributed by atoms with E-state index in [0.717, 1.165) is 14.0 Å². The summed E-state index contributed by atoms with van der Waals surface area (Å²) in [4.78, 5) is 22.7. The predicted octanol–water partition coefficient (Wildman–Crippen LogP) is 2.08. The van der Waals surface area contributed by atoms with E-state index in [1.807, 2.05) is 0 Å². The molecule has 0 rings (SSSR count). The summed E-state index contributed by atoms with van der Waals surface area (Å²) in [5.74, 6) is 0. The van der Waals surface area contributed by atoms with E-state index in [1.54, 1.807) is 20.8 Å². The first-order valence-corrected chi connectivity index (χ1v) is 4.76. The largest absolute Gasteiger partial charge is 0.444 e. The quantitative estimate of drug-likeness (QED) is 0.706. The third kappa shape index (κ3) is 3.43. The number of hydrogen-bond acceptors (Lipinski definition) is 3. The minimum atomic E-state index is -2.97. The molecular formula is C10H17F2NO3. The Hall–Kier alpha value is -1.20. The van der Waals surface area contributed by atoms with Gasteiger partial charge in [0, 0.05) is 7.05 Å². The maximum atomic E-state index is 12.6. The van der Waals surface area contributed by atoms with Crippen molar-refractivity contribution in [2.24, 2.45) is 0 Å². The van der Waals surface area contributed by atoms with Gasteiger partial charge >= 0.3 is 6.09 Å². The zero-order valence-corrected chi connectivity index (χ0v) is 10.1. The summed E-state index contributed by atoms with van der Waals surface area (Å²) in [6.45, 7) is 5.81. The van der Waals surface area contributed by atoms with Gasteiger partial charge in [-0.1, -0.05) is 0 Å². The monoisotopic (exact) mass is 237 g/mol. The zero-order valence-electron chi connectivity index (χ0n) is 10.1. The van der Waals surface area contributed by atoms with Crippen molar-refractivity contribution < 1.29 is 23.1 Å². The second-order valence-electron chi connectivity index (χ2n) is 4.68. The molecule has 0 aliphatic rings. The van der Waals surface area contributed by atoms with Crippen LogP contribution in [0.3, 0.4) is 0 Å². The highest BCUT2D eigenvalue weighted by atomic mass is 19.3. The standard InChI is InChI=1S/C10H17F2NO3/c1-9(2,3)16-8(15)13(5)10(4,6-14)7(11)12/h6-7H,1-5H3. The molecular weight excluding hydrogens is 220 g/mol. The Kier molecular flexibility index (Phi) is 4.40. The number of alkyl halides is 2. The molecule has 0 aromatic carbocycles. The van der Waals surface area contributed by atoms with Crippen LogP contribution in [0.2, 0.25) is 0 Å². The Morgan fingerprint density at radius 1 is 1.31 bits per heavy atom. The molecule has 0 aliphatic carbocycles. The number of amides is 1. The van der Waals surface area contributed by atoms with Crippen molar-refractivity contribution in [1.29, 1.82) is 0 Å². The maximum absolute atomic E-state index is 12.6. The van der Waals surface area contributed by atoms with Crippen LogP contribution in [-0.4, -0.2) is 41.9 Å². The van der Waals surface area contributed by atoms with E-state index >= 15 is 0 Å². The van der Waals surface area contributed by atoms with Crippen molar-refractivity contribution in [2.45, 2.75) is 45.3 Å². The molecule has 0 aromatic heterocycles. The lowest BCUT2D eigenvalue weighted by atomic mass is 10.0. The lowest BCUT2D eigenvalue weighted by Gasteiger charge is -2.34. The van der Waals surface area contributed by atoms with Gasteiger partial charge in [-0.05, 0) is 27.7 Å². The molecule has 0 aliphatic heterocycles. The summed E-state index contributed by atoms with van der Waals surface area (Å²) in [7, 11) is 1.11. The van der Waals surface area contributed by atoms with E-state index in [-0.39, 0.29) is 6.29 Å².